The Bertz CT molecular complexity index is 1490. The number of likely N-dealkylation sites (tertiary alicyclic amines) is 1. The van der Waals surface area contributed by atoms with Crippen molar-refractivity contribution in [3.63, 3.8) is 0 Å². The van der Waals surface area contributed by atoms with E-state index >= 15 is 0 Å². The number of hydrogen-bond donors (Lipinski definition) is 0. The number of piperidine rings is 1. The molecule has 0 spiro atoms. The van der Waals surface area contributed by atoms with Crippen molar-refractivity contribution < 1.29 is 18.8 Å². The summed E-state index contributed by atoms with van der Waals surface area (Å²) in [7, 11) is 1.82. The third-order valence-corrected chi connectivity index (χ3v) is 7.99. The molecule has 212 valence electrons. The fourth-order valence-electron chi connectivity index (χ4n) is 5.47. The lowest BCUT2D eigenvalue weighted by Gasteiger charge is -2.43. The fraction of sp³-hybridized carbons (Fsp3) is 0.303. The first-order valence-electron chi connectivity index (χ1n) is 13.8. The van der Waals surface area contributed by atoms with Gasteiger partial charge in [-0.05, 0) is 43.5 Å². The summed E-state index contributed by atoms with van der Waals surface area (Å²) >= 11 is 6.45. The number of carbonyl (C=O) groups excluding carboxylic acids is 2. The molecular weight excluding hydrogens is 538 g/mol. The van der Waals surface area contributed by atoms with Gasteiger partial charge in [0, 0.05) is 44.1 Å². The number of aromatic nitrogens is 1. The Kier molecular flexibility index (Phi) is 8.74. The van der Waals surface area contributed by atoms with Crippen LogP contribution in [-0.2, 0) is 11.3 Å². The van der Waals surface area contributed by atoms with Crippen LogP contribution in [0, 0.1) is 12.3 Å². The maximum absolute atomic E-state index is 14.1. The number of halogens is 1. The fourth-order valence-corrected chi connectivity index (χ4v) is 5.69. The van der Waals surface area contributed by atoms with Crippen molar-refractivity contribution in [1.29, 1.82) is 0 Å². The summed E-state index contributed by atoms with van der Waals surface area (Å²) in [6, 6.07) is 26.8. The quantitative estimate of drug-likeness (QED) is 0.225. The topological polar surface area (TPSA) is 75.9 Å². The summed E-state index contributed by atoms with van der Waals surface area (Å²) < 4.78 is 11.7. The van der Waals surface area contributed by atoms with Crippen LogP contribution in [0.25, 0.3) is 11.3 Å². The summed E-state index contributed by atoms with van der Waals surface area (Å²) in [6.07, 6.45) is 1.76. The van der Waals surface area contributed by atoms with Crippen molar-refractivity contribution in [3.8, 4) is 17.0 Å². The highest BCUT2D eigenvalue weighted by Crippen LogP contribution is 2.38. The van der Waals surface area contributed by atoms with Crippen LogP contribution in [0.2, 0.25) is 5.02 Å². The number of rotatable bonds is 9. The predicted octanol–water partition coefficient (Wildman–Crippen LogP) is 6.65. The number of ether oxygens (including phenoxy) is 1. The van der Waals surface area contributed by atoms with Gasteiger partial charge in [0.2, 0.25) is 5.91 Å². The summed E-state index contributed by atoms with van der Waals surface area (Å²) in [5.41, 5.74) is 1.96. The van der Waals surface area contributed by atoms with Crippen molar-refractivity contribution in [1.82, 2.24) is 15.0 Å². The number of amides is 2. The molecule has 1 atom stereocenters. The van der Waals surface area contributed by atoms with Gasteiger partial charge in [-0.3, -0.25) is 9.59 Å². The van der Waals surface area contributed by atoms with Crippen LogP contribution in [0.1, 0.15) is 40.9 Å². The highest BCUT2D eigenvalue weighted by molar-refractivity contribution is 6.33. The van der Waals surface area contributed by atoms with Crippen LogP contribution in [0.3, 0.4) is 0 Å². The van der Waals surface area contributed by atoms with Crippen LogP contribution in [0.4, 0.5) is 0 Å². The SMILES string of the molecule is Cc1onc(-c2ccccc2Cl)c1C(=O)N1CCCC(COc2ccccc2)(CC(=O)N(C)Cc2ccccc2)C1. The van der Waals surface area contributed by atoms with Crippen molar-refractivity contribution in [2.45, 2.75) is 32.7 Å². The number of nitrogens with zero attached hydrogens (tertiary/aromatic N) is 3. The van der Waals surface area contributed by atoms with Crippen LogP contribution >= 0.6 is 11.6 Å². The number of para-hydroxylation sites is 1. The smallest absolute Gasteiger partial charge is 0.259 e. The molecule has 1 fully saturated rings. The highest BCUT2D eigenvalue weighted by atomic mass is 35.5. The van der Waals surface area contributed by atoms with Crippen LogP contribution < -0.4 is 4.74 Å². The number of hydrogen-bond acceptors (Lipinski definition) is 5. The van der Waals surface area contributed by atoms with Crippen LogP contribution in [-0.4, -0.2) is 53.5 Å². The van der Waals surface area contributed by atoms with Gasteiger partial charge in [-0.1, -0.05) is 83.5 Å². The van der Waals surface area contributed by atoms with Gasteiger partial charge >= 0.3 is 0 Å². The van der Waals surface area contributed by atoms with Gasteiger partial charge in [-0.25, -0.2) is 0 Å². The second-order valence-corrected chi connectivity index (χ2v) is 11.2. The van der Waals surface area contributed by atoms with Crippen molar-refractivity contribution in [2.24, 2.45) is 5.41 Å². The molecule has 41 heavy (non-hydrogen) atoms. The van der Waals surface area contributed by atoms with E-state index < -0.39 is 5.41 Å². The second kappa shape index (κ2) is 12.6. The molecule has 8 heteroatoms. The van der Waals surface area contributed by atoms with E-state index in [4.69, 9.17) is 20.9 Å². The van der Waals surface area contributed by atoms with E-state index in [-0.39, 0.29) is 18.2 Å². The molecular formula is C33H34ClN3O4. The maximum Gasteiger partial charge on any atom is 0.259 e. The average molecular weight is 572 g/mol. The molecule has 3 aromatic carbocycles. The van der Waals surface area contributed by atoms with Gasteiger partial charge in [-0.15, -0.1) is 0 Å². The molecule has 0 bridgehead atoms. The summed E-state index contributed by atoms with van der Waals surface area (Å²) in [5.74, 6) is 0.988. The first-order valence-corrected chi connectivity index (χ1v) is 14.2. The van der Waals surface area contributed by atoms with E-state index in [0.29, 0.717) is 53.8 Å². The van der Waals surface area contributed by atoms with E-state index in [1.54, 1.807) is 17.9 Å². The molecule has 7 nitrogen and oxygen atoms in total. The largest absolute Gasteiger partial charge is 0.493 e. The average Bonchev–Trinajstić information content (AvgIpc) is 3.38. The zero-order chi connectivity index (χ0) is 28.8. The molecule has 2 amide bonds. The number of carbonyl (C=O) groups is 2. The standard InChI is InChI=1S/C33H34ClN3O4/c1-24-30(31(35-41-24)27-16-9-10-17-28(27)34)32(39)37-19-11-18-33(22-37,23-40-26-14-7-4-8-15-26)20-29(38)36(2)21-25-12-5-3-6-13-25/h3-10,12-17H,11,18-23H2,1-2H3. The molecule has 5 rings (SSSR count). The first kappa shape index (κ1) is 28.4. The Labute approximate surface area is 245 Å². The lowest BCUT2D eigenvalue weighted by Crippen LogP contribution is -2.50. The third-order valence-electron chi connectivity index (χ3n) is 7.66. The van der Waals surface area contributed by atoms with Crippen molar-refractivity contribution in [2.75, 3.05) is 26.7 Å². The first-order chi connectivity index (χ1) is 19.8. The summed E-state index contributed by atoms with van der Waals surface area (Å²) in [5, 5.41) is 4.69. The molecule has 0 radical (unpaired) electrons. The van der Waals surface area contributed by atoms with Crippen LogP contribution in [0.15, 0.2) is 89.5 Å². The van der Waals surface area contributed by atoms with E-state index in [9.17, 15) is 9.59 Å². The second-order valence-electron chi connectivity index (χ2n) is 10.8. The summed E-state index contributed by atoms with van der Waals surface area (Å²) in [6.45, 7) is 3.49. The molecule has 0 saturated carbocycles. The van der Waals surface area contributed by atoms with E-state index in [2.05, 4.69) is 5.16 Å². The van der Waals surface area contributed by atoms with Crippen molar-refractivity contribution in [3.05, 3.63) is 107 Å². The Morgan fingerprint density at radius 3 is 2.44 bits per heavy atom. The Balaban J connectivity index is 1.40. The number of aryl methyl sites for hydroxylation is 1. The molecule has 0 N–H and O–H groups in total. The minimum atomic E-state index is -0.568. The van der Waals surface area contributed by atoms with E-state index in [0.717, 1.165) is 24.2 Å². The Morgan fingerprint density at radius 2 is 1.71 bits per heavy atom. The van der Waals surface area contributed by atoms with Gasteiger partial charge in [0.05, 0.1) is 11.6 Å². The zero-order valence-corrected chi connectivity index (χ0v) is 24.1. The zero-order valence-electron chi connectivity index (χ0n) is 23.4. The molecule has 0 aliphatic carbocycles. The minimum absolute atomic E-state index is 0.0118. The molecule has 2 heterocycles. The minimum Gasteiger partial charge on any atom is -0.493 e. The Hall–Kier alpha value is -4.10. The molecule has 1 aliphatic rings. The van der Waals surface area contributed by atoms with Crippen LogP contribution in [0.5, 0.6) is 5.75 Å². The number of benzene rings is 3. The van der Waals surface area contributed by atoms with Gasteiger partial charge in [0.25, 0.3) is 5.91 Å². The molecule has 1 aliphatic heterocycles. The predicted molar refractivity (Wildman–Crippen MR) is 159 cm³/mol. The lowest BCUT2D eigenvalue weighted by atomic mass is 9.77. The third kappa shape index (κ3) is 6.63. The van der Waals surface area contributed by atoms with Gasteiger partial charge in [0.15, 0.2) is 0 Å². The lowest BCUT2D eigenvalue weighted by molar-refractivity contribution is -0.134. The van der Waals surface area contributed by atoms with Gasteiger partial charge in [0.1, 0.15) is 22.8 Å². The molecule has 1 saturated heterocycles. The normalized spacial score (nSPS) is 16.8. The molecule has 1 unspecified atom stereocenters. The van der Waals surface area contributed by atoms with Crippen molar-refractivity contribution >= 4 is 23.4 Å². The molecule has 1 aromatic heterocycles. The van der Waals surface area contributed by atoms with E-state index in [1.165, 1.54) is 0 Å². The van der Waals surface area contributed by atoms with Gasteiger partial charge < -0.3 is 19.1 Å². The highest BCUT2D eigenvalue weighted by Gasteiger charge is 2.42. The van der Waals surface area contributed by atoms with Gasteiger partial charge in [-0.2, -0.15) is 0 Å². The maximum atomic E-state index is 14.1. The Morgan fingerprint density at radius 1 is 1.02 bits per heavy atom. The summed E-state index contributed by atoms with van der Waals surface area (Å²) in [4.78, 5) is 31.2. The van der Waals surface area contributed by atoms with E-state index in [1.807, 2.05) is 90.8 Å². The molecule has 4 aromatic rings. The monoisotopic (exact) mass is 571 g/mol.